The van der Waals surface area contributed by atoms with Gasteiger partial charge in [-0.3, -0.25) is 0 Å². The molecule has 2 aromatic carbocycles. The van der Waals surface area contributed by atoms with Gasteiger partial charge in [0.2, 0.25) is 0 Å². The summed E-state index contributed by atoms with van der Waals surface area (Å²) in [6, 6.07) is 4.42. The van der Waals surface area contributed by atoms with Gasteiger partial charge in [-0.25, -0.2) is 9.59 Å². The number of benzene rings is 2. The fourth-order valence-electron chi connectivity index (χ4n) is 2.01. The zero-order valence-electron chi connectivity index (χ0n) is 8.59. The van der Waals surface area contributed by atoms with E-state index in [0.29, 0.717) is 15.8 Å². The van der Waals surface area contributed by atoms with Crippen LogP contribution in [0.1, 0.15) is 20.7 Å². The fraction of sp³-hybridized carbons (Fsp3) is 0. The average molecular weight is 302 g/mol. The minimum absolute atomic E-state index is 0.119. The van der Waals surface area contributed by atoms with Crippen molar-refractivity contribution >= 4 is 57.5 Å². The smallest absolute Gasteiger partial charge is 0.348 e. The van der Waals surface area contributed by atoms with Crippen molar-refractivity contribution in [2.45, 2.75) is 0 Å². The van der Waals surface area contributed by atoms with Crippen LogP contribution in [-0.2, 0) is 4.74 Å². The number of carbonyl (C=O) groups excluding carboxylic acids is 2. The second kappa shape index (κ2) is 3.85. The average Bonchev–Trinajstić information content (AvgIpc) is 2.27. The van der Waals surface area contributed by atoms with Crippen molar-refractivity contribution in [2.24, 2.45) is 0 Å². The predicted molar refractivity (Wildman–Crippen MR) is 68.7 cm³/mol. The Bertz CT molecular complexity index is 737. The Balaban J connectivity index is 2.65. The van der Waals surface area contributed by atoms with E-state index in [0.717, 1.165) is 0 Å². The summed E-state index contributed by atoms with van der Waals surface area (Å²) in [5, 5.41) is 1.54. The van der Waals surface area contributed by atoms with Gasteiger partial charge >= 0.3 is 11.9 Å². The highest BCUT2D eigenvalue weighted by Gasteiger charge is 2.31. The zero-order valence-corrected chi connectivity index (χ0v) is 10.9. The highest BCUT2D eigenvalue weighted by Crippen LogP contribution is 2.40. The van der Waals surface area contributed by atoms with Gasteiger partial charge in [0.1, 0.15) is 0 Å². The number of carbonyl (C=O) groups is 2. The van der Waals surface area contributed by atoms with Crippen LogP contribution in [0.5, 0.6) is 0 Å². The number of esters is 2. The minimum Gasteiger partial charge on any atom is -0.386 e. The van der Waals surface area contributed by atoms with Crippen LogP contribution in [0.15, 0.2) is 18.2 Å². The second-order valence-corrected chi connectivity index (χ2v) is 4.96. The first kappa shape index (κ1) is 11.8. The zero-order chi connectivity index (χ0) is 13.0. The van der Waals surface area contributed by atoms with Crippen molar-refractivity contribution in [1.82, 2.24) is 0 Å². The quantitative estimate of drug-likeness (QED) is 0.543. The van der Waals surface area contributed by atoms with Crippen LogP contribution in [-0.4, -0.2) is 11.9 Å². The Hall–Kier alpha value is -1.29. The topological polar surface area (TPSA) is 43.4 Å². The summed E-state index contributed by atoms with van der Waals surface area (Å²) < 4.78 is 4.62. The molecule has 0 atom stereocenters. The van der Waals surface area contributed by atoms with Gasteiger partial charge < -0.3 is 4.74 Å². The van der Waals surface area contributed by atoms with Gasteiger partial charge in [-0.1, -0.05) is 34.8 Å². The number of cyclic esters (lactones) is 2. The predicted octanol–water partition coefficient (Wildman–Crippen LogP) is 4.11. The van der Waals surface area contributed by atoms with Crippen molar-refractivity contribution in [3.05, 3.63) is 44.4 Å². The number of halogens is 3. The monoisotopic (exact) mass is 300 g/mol. The molecule has 3 nitrogen and oxygen atoms in total. The lowest BCUT2D eigenvalue weighted by molar-refractivity contribution is 0.0391. The lowest BCUT2D eigenvalue weighted by Crippen LogP contribution is -2.20. The molecule has 0 radical (unpaired) electrons. The van der Waals surface area contributed by atoms with Crippen molar-refractivity contribution in [3.63, 3.8) is 0 Å². The molecule has 0 unspecified atom stereocenters. The summed E-state index contributed by atoms with van der Waals surface area (Å²) in [5.41, 5.74) is 0.349. The van der Waals surface area contributed by atoms with Gasteiger partial charge in [0.15, 0.2) is 0 Å². The number of hydrogen-bond donors (Lipinski definition) is 0. The first-order valence-corrected chi connectivity index (χ1v) is 6.01. The molecule has 0 bridgehead atoms. The van der Waals surface area contributed by atoms with E-state index in [2.05, 4.69) is 4.74 Å². The third kappa shape index (κ3) is 1.45. The SMILES string of the molecule is O=C1OC(=O)c2c(Cl)cc(Cl)c3c(Cl)ccc1c23. The molecule has 0 aromatic heterocycles. The molecule has 0 aliphatic carbocycles. The van der Waals surface area contributed by atoms with Crippen LogP contribution in [0.3, 0.4) is 0 Å². The fourth-order valence-corrected chi connectivity index (χ4v) is 2.95. The highest BCUT2D eigenvalue weighted by atomic mass is 35.5. The minimum atomic E-state index is -0.790. The summed E-state index contributed by atoms with van der Waals surface area (Å²) in [7, 11) is 0. The molecule has 0 spiro atoms. The Kier molecular flexibility index (Phi) is 2.52. The molecule has 0 saturated heterocycles. The van der Waals surface area contributed by atoms with Crippen molar-refractivity contribution in [3.8, 4) is 0 Å². The standard InChI is InChI=1S/C12H3Cl3O3/c13-5-2-1-4-8-9(5)6(14)3-7(15)10(8)12(17)18-11(4)16/h1-3H. The van der Waals surface area contributed by atoms with Gasteiger partial charge in [0.25, 0.3) is 0 Å². The van der Waals surface area contributed by atoms with Crippen molar-refractivity contribution < 1.29 is 14.3 Å². The van der Waals surface area contributed by atoms with Gasteiger partial charge in [-0.05, 0) is 18.2 Å². The maximum absolute atomic E-state index is 11.7. The summed E-state index contributed by atoms with van der Waals surface area (Å²) in [6.45, 7) is 0. The van der Waals surface area contributed by atoms with Crippen molar-refractivity contribution in [1.29, 1.82) is 0 Å². The third-order valence-corrected chi connectivity index (χ3v) is 3.66. The van der Waals surface area contributed by atoms with E-state index in [1.165, 1.54) is 18.2 Å². The molecule has 90 valence electrons. The van der Waals surface area contributed by atoms with Crippen LogP contribution in [0.4, 0.5) is 0 Å². The highest BCUT2D eigenvalue weighted by molar-refractivity contribution is 6.46. The lowest BCUT2D eigenvalue weighted by Gasteiger charge is -2.17. The van der Waals surface area contributed by atoms with Crippen LogP contribution in [0.25, 0.3) is 10.8 Å². The Labute approximate surface area is 116 Å². The van der Waals surface area contributed by atoms with Crippen LogP contribution >= 0.6 is 34.8 Å². The maximum atomic E-state index is 11.7. The van der Waals surface area contributed by atoms with Gasteiger partial charge in [0.05, 0.1) is 21.2 Å². The molecule has 1 heterocycles. The lowest BCUT2D eigenvalue weighted by atomic mass is 9.97. The Morgan fingerprint density at radius 3 is 2.28 bits per heavy atom. The first-order valence-electron chi connectivity index (χ1n) is 4.87. The summed E-state index contributed by atoms with van der Waals surface area (Å²) >= 11 is 18.1. The molecule has 3 rings (SSSR count). The first-order chi connectivity index (χ1) is 8.50. The van der Waals surface area contributed by atoms with Crippen LogP contribution in [0, 0.1) is 0 Å². The van der Waals surface area contributed by atoms with E-state index in [-0.39, 0.29) is 21.2 Å². The molecular weight excluding hydrogens is 298 g/mol. The molecule has 0 saturated carbocycles. The Morgan fingerprint density at radius 2 is 1.56 bits per heavy atom. The van der Waals surface area contributed by atoms with E-state index in [9.17, 15) is 9.59 Å². The molecule has 6 heteroatoms. The molecule has 1 aliphatic rings. The number of hydrogen-bond acceptors (Lipinski definition) is 3. The van der Waals surface area contributed by atoms with Gasteiger partial charge in [-0.15, -0.1) is 0 Å². The third-order valence-electron chi connectivity index (χ3n) is 2.75. The van der Waals surface area contributed by atoms with Crippen molar-refractivity contribution in [2.75, 3.05) is 0 Å². The van der Waals surface area contributed by atoms with Crippen LogP contribution < -0.4 is 0 Å². The van der Waals surface area contributed by atoms with E-state index in [4.69, 9.17) is 34.8 Å². The molecule has 18 heavy (non-hydrogen) atoms. The number of ether oxygens (including phenoxy) is 1. The molecule has 1 aliphatic heterocycles. The number of rotatable bonds is 0. The molecular formula is C12H3Cl3O3. The molecule has 0 N–H and O–H groups in total. The Morgan fingerprint density at radius 1 is 0.833 bits per heavy atom. The van der Waals surface area contributed by atoms with Gasteiger partial charge in [-0.2, -0.15) is 0 Å². The molecule has 2 aromatic rings. The second-order valence-electron chi connectivity index (χ2n) is 3.74. The van der Waals surface area contributed by atoms with E-state index in [1.54, 1.807) is 0 Å². The summed E-state index contributed by atoms with van der Waals surface area (Å²) in [6.07, 6.45) is 0. The van der Waals surface area contributed by atoms with E-state index < -0.39 is 11.9 Å². The van der Waals surface area contributed by atoms with Crippen LogP contribution in [0.2, 0.25) is 15.1 Å². The summed E-state index contributed by atoms with van der Waals surface area (Å²) in [4.78, 5) is 23.4. The van der Waals surface area contributed by atoms with E-state index in [1.807, 2.05) is 0 Å². The molecule has 0 amide bonds. The maximum Gasteiger partial charge on any atom is 0.348 e. The largest absolute Gasteiger partial charge is 0.386 e. The van der Waals surface area contributed by atoms with Gasteiger partial charge in [0, 0.05) is 15.8 Å². The normalized spacial score (nSPS) is 13.9. The summed E-state index contributed by atoms with van der Waals surface area (Å²) in [5.74, 6) is -1.52. The molecule has 0 fully saturated rings. The van der Waals surface area contributed by atoms with E-state index >= 15 is 0 Å².